The Morgan fingerprint density at radius 1 is 1.18 bits per heavy atom. The van der Waals surface area contributed by atoms with E-state index in [4.69, 9.17) is 14.2 Å². The van der Waals surface area contributed by atoms with Crippen molar-refractivity contribution in [3.05, 3.63) is 58.3 Å². The highest BCUT2D eigenvalue weighted by Gasteiger charge is 2.35. The smallest absolute Gasteiger partial charge is 0.473 e. The summed E-state index contributed by atoms with van der Waals surface area (Å²) in [5.41, 5.74) is -0.467. The van der Waals surface area contributed by atoms with Gasteiger partial charge >= 0.3 is 12.0 Å². The van der Waals surface area contributed by atoms with E-state index >= 15 is 0 Å². The highest BCUT2D eigenvalue weighted by Crippen LogP contribution is 2.32. The van der Waals surface area contributed by atoms with Gasteiger partial charge in [0.05, 0.1) is 31.6 Å². The van der Waals surface area contributed by atoms with Gasteiger partial charge in [0.1, 0.15) is 19.2 Å². The predicted molar refractivity (Wildman–Crippen MR) is 99.9 cm³/mol. The Morgan fingerprint density at radius 3 is 2.64 bits per heavy atom. The maximum Gasteiger partial charge on any atom is 0.504 e. The topological polar surface area (TPSA) is 83.6 Å². The summed E-state index contributed by atoms with van der Waals surface area (Å²) in [6, 6.07) is 3.38. The second kappa shape index (κ2) is 7.72. The first-order valence-corrected chi connectivity index (χ1v) is 9.56. The van der Waals surface area contributed by atoms with Crippen molar-refractivity contribution in [3.8, 4) is 17.4 Å². The number of hydrogen-bond acceptors (Lipinski definition) is 7. The molecule has 0 amide bonds. The van der Waals surface area contributed by atoms with Gasteiger partial charge in [-0.1, -0.05) is 0 Å². The second-order valence-electron chi connectivity index (χ2n) is 7.34. The number of rotatable bonds is 5. The van der Waals surface area contributed by atoms with Gasteiger partial charge < -0.3 is 19.1 Å². The van der Waals surface area contributed by atoms with Crippen LogP contribution in [-0.2, 0) is 24.2 Å². The molecular formula is C19H14F5N5O4. The van der Waals surface area contributed by atoms with E-state index in [1.54, 1.807) is 6.07 Å². The largest absolute Gasteiger partial charge is 0.504 e. The SMILES string of the molecule is O=c1nc(OCc2cc(F)c(Oc3cnn(C(F)(F)F)c3)c(F)c2)cc2n1C[C@@H]1COCN21. The molecule has 0 saturated carbocycles. The van der Waals surface area contributed by atoms with E-state index in [-0.39, 0.29) is 28.8 Å². The second-order valence-corrected chi connectivity index (χ2v) is 7.34. The van der Waals surface area contributed by atoms with E-state index in [1.165, 1.54) is 4.57 Å². The first kappa shape index (κ1) is 21.2. The molecule has 1 aromatic carbocycles. The average Bonchev–Trinajstić information content (AvgIpc) is 3.45. The van der Waals surface area contributed by atoms with Crippen molar-refractivity contribution in [2.45, 2.75) is 25.5 Å². The van der Waals surface area contributed by atoms with Crippen LogP contribution in [0.1, 0.15) is 5.56 Å². The quantitative estimate of drug-likeness (QED) is 0.530. The number of fused-ring (bicyclic) bond motifs is 3. The minimum absolute atomic E-state index is 0.0282. The van der Waals surface area contributed by atoms with Crippen molar-refractivity contribution >= 4 is 5.82 Å². The summed E-state index contributed by atoms with van der Waals surface area (Å²) in [5, 5.41) is 3.03. The zero-order valence-electron chi connectivity index (χ0n) is 16.6. The molecule has 5 rings (SSSR count). The molecule has 3 aromatic rings. The molecule has 1 fully saturated rings. The van der Waals surface area contributed by atoms with Crippen LogP contribution in [0.2, 0.25) is 0 Å². The molecule has 14 heteroatoms. The fraction of sp³-hybridized carbons (Fsp3) is 0.316. The van der Waals surface area contributed by atoms with Crippen molar-refractivity contribution in [3.63, 3.8) is 0 Å². The lowest BCUT2D eigenvalue weighted by Crippen LogP contribution is -2.26. The van der Waals surface area contributed by atoms with Gasteiger partial charge in [-0.15, -0.1) is 13.2 Å². The van der Waals surface area contributed by atoms with Gasteiger partial charge in [-0.05, 0) is 17.7 Å². The number of alkyl halides is 3. The number of aromatic nitrogens is 4. The van der Waals surface area contributed by atoms with E-state index in [0.717, 1.165) is 12.1 Å². The molecule has 0 bridgehead atoms. The molecule has 174 valence electrons. The van der Waals surface area contributed by atoms with Crippen LogP contribution in [0.5, 0.6) is 17.4 Å². The van der Waals surface area contributed by atoms with Crippen LogP contribution in [0.3, 0.4) is 0 Å². The third-order valence-electron chi connectivity index (χ3n) is 5.12. The summed E-state index contributed by atoms with van der Waals surface area (Å²) in [5.74, 6) is -3.16. The van der Waals surface area contributed by atoms with E-state index in [2.05, 4.69) is 10.1 Å². The first-order chi connectivity index (χ1) is 15.7. The van der Waals surface area contributed by atoms with Crippen LogP contribution < -0.4 is 20.1 Å². The fourth-order valence-electron chi connectivity index (χ4n) is 3.62. The molecule has 33 heavy (non-hydrogen) atoms. The lowest BCUT2D eigenvalue weighted by atomic mass is 10.2. The summed E-state index contributed by atoms with van der Waals surface area (Å²) in [4.78, 5) is 18.0. The molecule has 1 saturated heterocycles. The number of ether oxygens (including phenoxy) is 3. The van der Waals surface area contributed by atoms with Crippen molar-refractivity contribution in [2.75, 3.05) is 18.2 Å². The van der Waals surface area contributed by atoms with Crippen molar-refractivity contribution < 1.29 is 36.2 Å². The van der Waals surface area contributed by atoms with Gasteiger partial charge in [-0.3, -0.25) is 4.57 Å². The Bertz CT molecular complexity index is 1250. The lowest BCUT2D eigenvalue weighted by molar-refractivity contribution is -0.212. The van der Waals surface area contributed by atoms with Gasteiger partial charge in [0.25, 0.3) is 0 Å². The van der Waals surface area contributed by atoms with Gasteiger partial charge in [-0.25, -0.2) is 13.6 Å². The summed E-state index contributed by atoms with van der Waals surface area (Å²) < 4.78 is 83.4. The van der Waals surface area contributed by atoms with Crippen molar-refractivity contribution in [2.24, 2.45) is 0 Å². The number of anilines is 1. The Balaban J connectivity index is 1.31. The van der Waals surface area contributed by atoms with Crippen LogP contribution in [0.4, 0.5) is 27.8 Å². The van der Waals surface area contributed by atoms with Crippen molar-refractivity contribution in [1.29, 1.82) is 0 Å². The van der Waals surface area contributed by atoms with Gasteiger partial charge in [-0.2, -0.15) is 14.8 Å². The molecule has 2 aliphatic heterocycles. The Kier molecular flexibility index (Phi) is 4.96. The van der Waals surface area contributed by atoms with E-state index < -0.39 is 35.1 Å². The normalized spacial score (nSPS) is 17.2. The zero-order valence-corrected chi connectivity index (χ0v) is 16.6. The number of benzene rings is 1. The van der Waals surface area contributed by atoms with Crippen molar-refractivity contribution in [1.82, 2.24) is 19.3 Å². The van der Waals surface area contributed by atoms with E-state index in [1.807, 2.05) is 4.90 Å². The van der Waals surface area contributed by atoms with Crippen LogP contribution in [0.15, 0.2) is 35.4 Å². The Labute approximate surface area is 181 Å². The fourth-order valence-corrected chi connectivity index (χ4v) is 3.62. The van der Waals surface area contributed by atoms with Gasteiger partial charge in [0.2, 0.25) is 5.88 Å². The molecule has 1 atom stereocenters. The standard InChI is InChI=1S/C19H14F5N5O4/c20-13-1-10(2-14(21)17(13)33-12-4-25-29(6-12)19(22,23)24)7-32-15-3-16-27(18(30)26-15)5-11-8-31-9-28(11)16/h1-4,6,11H,5,7-9H2/t11-/m1/s1. The maximum atomic E-state index is 14.4. The van der Waals surface area contributed by atoms with E-state index in [0.29, 0.717) is 38.1 Å². The molecular weight excluding hydrogens is 457 g/mol. The summed E-state index contributed by atoms with van der Waals surface area (Å²) in [7, 11) is 0. The number of nitrogens with zero attached hydrogens (tertiary/aromatic N) is 5. The van der Waals surface area contributed by atoms with Crippen LogP contribution in [0.25, 0.3) is 0 Å². The molecule has 9 nitrogen and oxygen atoms in total. The molecule has 0 radical (unpaired) electrons. The molecule has 0 aliphatic carbocycles. The minimum Gasteiger partial charge on any atom is -0.473 e. The highest BCUT2D eigenvalue weighted by molar-refractivity contribution is 5.47. The number of halogens is 5. The van der Waals surface area contributed by atoms with E-state index in [9.17, 15) is 26.7 Å². The Morgan fingerprint density at radius 2 is 1.94 bits per heavy atom. The maximum absolute atomic E-state index is 14.4. The van der Waals surface area contributed by atoms with Crippen LogP contribution in [0, 0.1) is 11.6 Å². The molecule has 0 spiro atoms. The van der Waals surface area contributed by atoms with Gasteiger partial charge in [0.15, 0.2) is 23.1 Å². The molecule has 4 heterocycles. The minimum atomic E-state index is -4.79. The van der Waals surface area contributed by atoms with Crippen LogP contribution in [-0.4, -0.2) is 38.7 Å². The van der Waals surface area contributed by atoms with Crippen LogP contribution >= 0.6 is 0 Å². The Hall–Kier alpha value is -3.68. The summed E-state index contributed by atoms with van der Waals surface area (Å²) in [6.07, 6.45) is -3.67. The highest BCUT2D eigenvalue weighted by atomic mass is 19.4. The molecule has 0 N–H and O–H groups in total. The van der Waals surface area contributed by atoms with Gasteiger partial charge in [0, 0.05) is 6.07 Å². The third-order valence-corrected chi connectivity index (χ3v) is 5.12. The monoisotopic (exact) mass is 471 g/mol. The zero-order chi connectivity index (χ0) is 23.3. The molecule has 0 unspecified atom stereocenters. The summed E-state index contributed by atoms with van der Waals surface area (Å²) >= 11 is 0. The average molecular weight is 471 g/mol. The number of hydrogen-bond donors (Lipinski definition) is 0. The molecule has 2 aromatic heterocycles. The molecule has 2 aliphatic rings. The summed E-state index contributed by atoms with van der Waals surface area (Å²) in [6.45, 7) is 0.936. The third kappa shape index (κ3) is 3.97. The first-order valence-electron chi connectivity index (χ1n) is 9.56. The lowest BCUT2D eigenvalue weighted by Gasteiger charge is -2.15. The predicted octanol–water partition coefficient (Wildman–Crippen LogP) is 2.74.